The fraction of sp³-hybridized carbons (Fsp3) is 0.136. The van der Waals surface area contributed by atoms with Gasteiger partial charge in [-0.15, -0.1) is 0 Å². The van der Waals surface area contributed by atoms with Gasteiger partial charge in [-0.05, 0) is 34.4 Å². The van der Waals surface area contributed by atoms with Crippen molar-refractivity contribution in [2.45, 2.75) is 5.92 Å². The third kappa shape index (κ3) is 3.54. The van der Waals surface area contributed by atoms with Gasteiger partial charge < -0.3 is 9.84 Å². The summed E-state index contributed by atoms with van der Waals surface area (Å²) in [6.45, 7) is 0.156. The zero-order valence-corrected chi connectivity index (χ0v) is 16.3. The molecule has 0 aliphatic heterocycles. The highest BCUT2D eigenvalue weighted by molar-refractivity contribution is 6.29. The lowest BCUT2D eigenvalue weighted by molar-refractivity contribution is 0.0696. The van der Waals surface area contributed by atoms with Crippen LogP contribution >= 0.6 is 11.6 Å². The second-order valence-corrected chi connectivity index (χ2v) is 7.09. The first-order chi connectivity index (χ1) is 14.0. The van der Waals surface area contributed by atoms with Gasteiger partial charge in [0.2, 0.25) is 0 Å². The van der Waals surface area contributed by atoms with Crippen LogP contribution in [0.3, 0.4) is 0 Å². The molecule has 0 bridgehead atoms. The Bertz CT molecular complexity index is 1070. The van der Waals surface area contributed by atoms with E-state index in [1.807, 2.05) is 36.4 Å². The smallest absolute Gasteiger partial charge is 0.415 e. The van der Waals surface area contributed by atoms with Crippen LogP contribution in [0.2, 0.25) is 5.15 Å². The van der Waals surface area contributed by atoms with Crippen molar-refractivity contribution in [1.82, 2.24) is 4.98 Å². The normalized spacial score (nSPS) is 12.2. The van der Waals surface area contributed by atoms with Gasteiger partial charge in [0.1, 0.15) is 17.6 Å². The monoisotopic (exact) mass is 408 g/mol. The molecule has 1 N–H and O–H groups in total. The molecule has 4 rings (SSSR count). The van der Waals surface area contributed by atoms with E-state index in [-0.39, 0.29) is 29.1 Å². The van der Waals surface area contributed by atoms with Crippen LogP contribution in [0, 0.1) is 0 Å². The molecule has 6 nitrogen and oxygen atoms in total. The highest BCUT2D eigenvalue weighted by atomic mass is 35.5. The van der Waals surface area contributed by atoms with Crippen molar-refractivity contribution in [3.05, 3.63) is 82.5 Å². The minimum absolute atomic E-state index is 0.0156. The highest BCUT2D eigenvalue weighted by Gasteiger charge is 2.29. The Morgan fingerprint density at radius 2 is 1.66 bits per heavy atom. The molecule has 2 aromatic carbocycles. The summed E-state index contributed by atoms with van der Waals surface area (Å²) < 4.78 is 5.55. The quantitative estimate of drug-likeness (QED) is 0.626. The van der Waals surface area contributed by atoms with E-state index in [0.29, 0.717) is 0 Å². The van der Waals surface area contributed by atoms with Crippen molar-refractivity contribution in [3.63, 3.8) is 0 Å². The molecule has 0 radical (unpaired) electrons. The fourth-order valence-electron chi connectivity index (χ4n) is 3.56. The molecule has 1 amide bonds. The summed E-state index contributed by atoms with van der Waals surface area (Å²) in [5.74, 6) is -1.12. The molecule has 3 aromatic rings. The molecule has 0 saturated carbocycles. The molecule has 0 atom stereocenters. The Labute approximate surface area is 172 Å². The molecule has 0 unspecified atom stereocenters. The molecule has 1 heterocycles. The second-order valence-electron chi connectivity index (χ2n) is 6.70. The van der Waals surface area contributed by atoms with Crippen LogP contribution in [0.4, 0.5) is 10.6 Å². The van der Waals surface area contributed by atoms with Crippen molar-refractivity contribution in [1.29, 1.82) is 0 Å². The van der Waals surface area contributed by atoms with Gasteiger partial charge in [-0.25, -0.2) is 14.6 Å². The number of carboxylic acids is 1. The molecule has 0 spiro atoms. The van der Waals surface area contributed by atoms with Crippen LogP contribution < -0.4 is 4.90 Å². The maximum Gasteiger partial charge on any atom is 0.415 e. The largest absolute Gasteiger partial charge is 0.478 e. The van der Waals surface area contributed by atoms with Gasteiger partial charge in [0.15, 0.2) is 0 Å². The number of aromatic nitrogens is 1. The van der Waals surface area contributed by atoms with Gasteiger partial charge in [0.05, 0.1) is 5.56 Å². The Hall–Kier alpha value is -3.38. The maximum atomic E-state index is 12.6. The number of aromatic carboxylic acids is 1. The second kappa shape index (κ2) is 7.56. The molecular formula is C22H17ClN2O4. The number of hydrogen-bond acceptors (Lipinski definition) is 4. The summed E-state index contributed by atoms with van der Waals surface area (Å²) in [5, 5.41) is 9.15. The Balaban J connectivity index is 1.54. The zero-order valence-electron chi connectivity index (χ0n) is 15.5. The van der Waals surface area contributed by atoms with Crippen molar-refractivity contribution in [3.8, 4) is 11.1 Å². The third-order valence-electron chi connectivity index (χ3n) is 4.98. The fourth-order valence-corrected chi connectivity index (χ4v) is 3.77. The molecule has 146 valence electrons. The molecule has 1 aliphatic carbocycles. The SMILES string of the molecule is CN(C(=O)OCC1c2ccccc2-c2ccccc21)c1cc(C(=O)O)cc(Cl)n1. The molecule has 0 saturated heterocycles. The van der Waals surface area contributed by atoms with E-state index < -0.39 is 12.1 Å². The lowest BCUT2D eigenvalue weighted by Gasteiger charge is -2.19. The van der Waals surface area contributed by atoms with Crippen molar-refractivity contribution >= 4 is 29.5 Å². The van der Waals surface area contributed by atoms with E-state index in [4.69, 9.17) is 21.4 Å². The first-order valence-electron chi connectivity index (χ1n) is 8.95. The average Bonchev–Trinajstić information content (AvgIpc) is 3.05. The Kier molecular flexibility index (Phi) is 4.94. The van der Waals surface area contributed by atoms with Gasteiger partial charge in [-0.2, -0.15) is 0 Å². The molecule has 7 heteroatoms. The maximum absolute atomic E-state index is 12.6. The third-order valence-corrected chi connectivity index (χ3v) is 5.17. The van der Waals surface area contributed by atoms with E-state index in [2.05, 4.69) is 17.1 Å². The van der Waals surface area contributed by atoms with Crippen molar-refractivity contribution in [2.75, 3.05) is 18.6 Å². The van der Waals surface area contributed by atoms with Gasteiger partial charge in [0.25, 0.3) is 0 Å². The number of amides is 1. The molecule has 1 aromatic heterocycles. The lowest BCUT2D eigenvalue weighted by Crippen LogP contribution is -2.29. The number of fused-ring (bicyclic) bond motifs is 3. The Morgan fingerprint density at radius 1 is 1.07 bits per heavy atom. The van der Waals surface area contributed by atoms with Gasteiger partial charge in [-0.1, -0.05) is 60.1 Å². The number of carbonyl (C=O) groups is 2. The summed E-state index contributed by atoms with van der Waals surface area (Å²) in [5.41, 5.74) is 4.44. The first-order valence-corrected chi connectivity index (χ1v) is 9.33. The summed E-state index contributed by atoms with van der Waals surface area (Å²) in [7, 11) is 1.46. The van der Waals surface area contributed by atoms with Crippen molar-refractivity contribution in [2.24, 2.45) is 0 Å². The number of anilines is 1. The minimum Gasteiger partial charge on any atom is -0.478 e. The molecule has 1 aliphatic rings. The van der Waals surface area contributed by atoms with E-state index in [0.717, 1.165) is 27.2 Å². The van der Waals surface area contributed by atoms with Crippen LogP contribution in [0.5, 0.6) is 0 Å². The summed E-state index contributed by atoms with van der Waals surface area (Å²) in [6.07, 6.45) is -0.641. The minimum atomic E-state index is -1.16. The number of rotatable bonds is 4. The number of hydrogen-bond donors (Lipinski definition) is 1. The number of nitrogens with zero attached hydrogens (tertiary/aromatic N) is 2. The van der Waals surface area contributed by atoms with E-state index >= 15 is 0 Å². The van der Waals surface area contributed by atoms with Gasteiger partial charge >= 0.3 is 12.1 Å². The van der Waals surface area contributed by atoms with E-state index in [1.165, 1.54) is 19.2 Å². The van der Waals surface area contributed by atoms with Crippen LogP contribution in [0.1, 0.15) is 27.4 Å². The van der Waals surface area contributed by atoms with Crippen LogP contribution in [-0.2, 0) is 4.74 Å². The van der Waals surface area contributed by atoms with E-state index in [9.17, 15) is 9.59 Å². The zero-order chi connectivity index (χ0) is 20.5. The highest BCUT2D eigenvalue weighted by Crippen LogP contribution is 2.44. The van der Waals surface area contributed by atoms with Crippen molar-refractivity contribution < 1.29 is 19.4 Å². The first kappa shape index (κ1) is 19.0. The summed E-state index contributed by atoms with van der Waals surface area (Å²) in [6, 6.07) is 18.6. The molecular weight excluding hydrogens is 392 g/mol. The lowest BCUT2D eigenvalue weighted by atomic mass is 9.98. The number of carbonyl (C=O) groups excluding carboxylic acids is 1. The summed E-state index contributed by atoms with van der Waals surface area (Å²) in [4.78, 5) is 29.0. The van der Waals surface area contributed by atoms with Gasteiger partial charge in [0, 0.05) is 13.0 Å². The van der Waals surface area contributed by atoms with Crippen LogP contribution in [0.15, 0.2) is 60.7 Å². The number of pyridine rings is 1. The topological polar surface area (TPSA) is 79.7 Å². The average molecular weight is 409 g/mol. The summed E-state index contributed by atoms with van der Waals surface area (Å²) >= 11 is 5.88. The number of ether oxygens (including phenoxy) is 1. The molecule has 0 fully saturated rings. The molecule has 29 heavy (non-hydrogen) atoms. The predicted molar refractivity (Wildman–Crippen MR) is 110 cm³/mol. The van der Waals surface area contributed by atoms with E-state index in [1.54, 1.807) is 0 Å². The number of benzene rings is 2. The van der Waals surface area contributed by atoms with Crippen LogP contribution in [0.25, 0.3) is 11.1 Å². The Morgan fingerprint density at radius 3 is 2.24 bits per heavy atom. The standard InChI is InChI=1S/C22H17ClN2O4/c1-25(20-11-13(21(26)27)10-19(23)24-20)22(28)29-12-18-16-8-4-2-6-14(16)15-7-3-5-9-17(15)18/h2-11,18H,12H2,1H3,(H,26,27). The number of carboxylic acid groups (broad SMARTS) is 1. The number of halogens is 1. The van der Waals surface area contributed by atoms with Gasteiger partial charge in [-0.3, -0.25) is 4.90 Å². The predicted octanol–water partition coefficient (Wildman–Crippen LogP) is 4.82. The van der Waals surface area contributed by atoms with Crippen LogP contribution in [-0.4, -0.2) is 35.8 Å².